The van der Waals surface area contributed by atoms with Crippen LogP contribution in [0.3, 0.4) is 0 Å². The Morgan fingerprint density at radius 1 is 0.321 bits per heavy atom. The van der Waals surface area contributed by atoms with Gasteiger partial charge in [0.1, 0.15) is 12.7 Å². The number of phosphoric acid groups is 1. The predicted octanol–water partition coefficient (Wildman–Crippen LogP) is 22.7. The number of aliphatic hydroxyl groups is 1. The van der Waals surface area contributed by atoms with Crippen LogP contribution < -0.4 is 0 Å². The highest BCUT2D eigenvalue weighted by Gasteiger charge is 2.28. The Morgan fingerprint density at radius 2 is 0.548 bits per heavy atom. The van der Waals surface area contributed by atoms with Gasteiger partial charge in [-0.05, 0) is 44.9 Å². The van der Waals surface area contributed by atoms with Gasteiger partial charge in [0.05, 0.1) is 19.8 Å². The van der Waals surface area contributed by atoms with E-state index in [9.17, 15) is 28.9 Å². The fourth-order valence-corrected chi connectivity index (χ4v) is 11.9. The summed E-state index contributed by atoms with van der Waals surface area (Å²) in [6, 6.07) is 0. The molecule has 0 bridgehead atoms. The van der Waals surface area contributed by atoms with E-state index in [1.54, 1.807) is 0 Å². The molecule has 3 atom stereocenters. The molecule has 0 spiro atoms. The maximum absolute atomic E-state index is 13.0. The van der Waals surface area contributed by atoms with E-state index in [0.717, 1.165) is 57.8 Å². The lowest BCUT2D eigenvalue weighted by Crippen LogP contribution is -2.30. The van der Waals surface area contributed by atoms with Crippen molar-refractivity contribution in [3.63, 3.8) is 0 Å². The van der Waals surface area contributed by atoms with Gasteiger partial charge in [-0.25, -0.2) is 4.57 Å². The molecule has 0 aliphatic rings. The van der Waals surface area contributed by atoms with Crippen LogP contribution in [0.4, 0.5) is 0 Å². The number of rotatable bonds is 70. The molecule has 0 amide bonds. The zero-order valence-electron chi connectivity index (χ0n) is 55.7. The van der Waals surface area contributed by atoms with E-state index in [0.29, 0.717) is 19.3 Å². The van der Waals surface area contributed by atoms with E-state index in [1.165, 1.54) is 276 Å². The van der Waals surface area contributed by atoms with Crippen molar-refractivity contribution in [2.75, 3.05) is 26.4 Å². The van der Waals surface area contributed by atoms with Crippen LogP contribution in [-0.4, -0.2) is 66.5 Å². The number of carbonyl (C=O) groups is 3. The third-order valence-electron chi connectivity index (χ3n) is 16.7. The summed E-state index contributed by atoms with van der Waals surface area (Å²) in [5.74, 6) is -1.42. The predicted molar refractivity (Wildman–Crippen MR) is 353 cm³/mol. The van der Waals surface area contributed by atoms with E-state index in [1.807, 2.05) is 0 Å². The topological polar surface area (TPSA) is 155 Å². The number of allylic oxidation sites excluding steroid dienone is 2. The van der Waals surface area contributed by atoms with Gasteiger partial charge in [-0.15, -0.1) is 0 Å². The van der Waals surface area contributed by atoms with Crippen molar-refractivity contribution in [2.24, 2.45) is 0 Å². The zero-order valence-corrected chi connectivity index (χ0v) is 56.6. The molecule has 84 heavy (non-hydrogen) atoms. The number of phosphoric ester groups is 1. The minimum atomic E-state index is -4.75. The Morgan fingerprint density at radius 3 is 0.821 bits per heavy atom. The Kier molecular flexibility index (Phi) is 65.7. The van der Waals surface area contributed by atoms with Gasteiger partial charge in [-0.2, -0.15) is 0 Å². The molecule has 0 aromatic carbocycles. The second-order valence-electron chi connectivity index (χ2n) is 25.1. The van der Waals surface area contributed by atoms with Crippen molar-refractivity contribution >= 4 is 25.7 Å². The molecule has 0 aliphatic heterocycles. The summed E-state index contributed by atoms with van der Waals surface area (Å²) < 4.78 is 39.9. The van der Waals surface area contributed by atoms with Crippen LogP contribution in [0.5, 0.6) is 0 Å². The molecule has 0 saturated carbocycles. The van der Waals surface area contributed by atoms with E-state index < -0.39 is 57.8 Å². The van der Waals surface area contributed by atoms with E-state index in [4.69, 9.17) is 23.3 Å². The van der Waals surface area contributed by atoms with E-state index in [2.05, 4.69) is 32.9 Å². The lowest BCUT2D eigenvalue weighted by molar-refractivity contribution is -0.161. The first-order valence-corrected chi connectivity index (χ1v) is 38.1. The van der Waals surface area contributed by atoms with Crippen molar-refractivity contribution < 1.29 is 52.2 Å². The van der Waals surface area contributed by atoms with Crippen molar-refractivity contribution in [1.29, 1.82) is 0 Å². The van der Waals surface area contributed by atoms with E-state index in [-0.39, 0.29) is 25.9 Å². The normalized spacial score (nSPS) is 13.2. The monoisotopic (exact) mass is 1210 g/mol. The quantitative estimate of drug-likeness (QED) is 0.0197. The Labute approximate surface area is 519 Å². The van der Waals surface area contributed by atoms with Crippen LogP contribution in [0.2, 0.25) is 0 Å². The first-order chi connectivity index (χ1) is 41.2. The molecule has 0 radical (unpaired) electrons. The Bertz CT molecular complexity index is 1460. The third-order valence-corrected chi connectivity index (χ3v) is 17.6. The molecule has 0 aromatic rings. The standard InChI is InChI=1S/C72H139O11P/c1-4-7-10-13-16-19-22-25-28-31-34-37-40-43-46-49-52-55-58-61-70(74)79-65-69(83-72(76)63-60-57-54-51-48-45-42-39-36-33-30-27-24-21-18-15-12-9-6-3)67-81-84(77,78)80-66-68(64-73)82-71(75)62-59-56-53-50-47-44-41-38-35-32-29-26-23-20-17-14-11-8-5-2/h27,30,68-69,73H,4-26,28-29,31-67H2,1-3H3,(H,77,78)/b30-27-. The molecule has 2 N–H and O–H groups in total. The first kappa shape index (κ1) is 82.2. The molecule has 0 fully saturated rings. The van der Waals surface area contributed by atoms with Gasteiger partial charge in [0.25, 0.3) is 0 Å². The number of esters is 3. The van der Waals surface area contributed by atoms with Crippen molar-refractivity contribution in [1.82, 2.24) is 0 Å². The third kappa shape index (κ3) is 64.7. The number of hydrogen-bond acceptors (Lipinski definition) is 10. The van der Waals surface area contributed by atoms with Gasteiger partial charge < -0.3 is 24.2 Å². The highest BCUT2D eigenvalue weighted by molar-refractivity contribution is 7.47. The van der Waals surface area contributed by atoms with Crippen LogP contribution >= 0.6 is 7.82 Å². The summed E-state index contributed by atoms with van der Waals surface area (Å²) in [5, 5.41) is 9.89. The smallest absolute Gasteiger partial charge is 0.462 e. The van der Waals surface area contributed by atoms with Gasteiger partial charge in [-0.3, -0.25) is 23.4 Å². The molecule has 12 heteroatoms. The summed E-state index contributed by atoms with van der Waals surface area (Å²) in [6.45, 7) is 4.77. The molecule has 0 rings (SSSR count). The average Bonchev–Trinajstić information content (AvgIpc) is 3.53. The van der Waals surface area contributed by atoms with Crippen LogP contribution in [0, 0.1) is 0 Å². The molecule has 3 unspecified atom stereocenters. The number of hydrogen-bond donors (Lipinski definition) is 2. The minimum Gasteiger partial charge on any atom is -0.462 e. The first-order valence-electron chi connectivity index (χ1n) is 36.6. The SMILES string of the molecule is CCCCCCCC/C=C\CCCCCCCCCCCC(=O)OC(COC(=O)CCCCCCCCCCCCCCCCCCCCC)COP(=O)(O)OCC(CO)OC(=O)CCCCCCCCCCCCCCCCCCCCC. The van der Waals surface area contributed by atoms with Crippen LogP contribution in [0.25, 0.3) is 0 Å². The van der Waals surface area contributed by atoms with Crippen LogP contribution in [0.15, 0.2) is 12.2 Å². The van der Waals surface area contributed by atoms with Gasteiger partial charge >= 0.3 is 25.7 Å². The maximum Gasteiger partial charge on any atom is 0.472 e. The summed E-state index contributed by atoms with van der Waals surface area (Å²) in [7, 11) is -4.75. The van der Waals surface area contributed by atoms with Crippen molar-refractivity contribution in [3.8, 4) is 0 Å². The second-order valence-corrected chi connectivity index (χ2v) is 26.6. The van der Waals surface area contributed by atoms with Crippen LogP contribution in [-0.2, 0) is 42.2 Å². The summed E-state index contributed by atoms with van der Waals surface area (Å²) in [6.07, 6.45) is 71.6. The maximum atomic E-state index is 13.0. The fourth-order valence-electron chi connectivity index (χ4n) is 11.1. The number of aliphatic hydroxyl groups excluding tert-OH is 1. The van der Waals surface area contributed by atoms with Gasteiger partial charge in [0, 0.05) is 19.3 Å². The van der Waals surface area contributed by atoms with E-state index >= 15 is 0 Å². The van der Waals surface area contributed by atoms with Gasteiger partial charge in [0.15, 0.2) is 6.10 Å². The molecule has 498 valence electrons. The van der Waals surface area contributed by atoms with Crippen molar-refractivity contribution in [2.45, 2.75) is 405 Å². The molecular formula is C72H139O11P. The van der Waals surface area contributed by atoms with Gasteiger partial charge in [-0.1, -0.05) is 341 Å². The molecular weight excluding hydrogens is 1070 g/mol. The molecule has 0 aromatic heterocycles. The largest absolute Gasteiger partial charge is 0.472 e. The van der Waals surface area contributed by atoms with Crippen molar-refractivity contribution in [3.05, 3.63) is 12.2 Å². The number of ether oxygens (including phenoxy) is 3. The number of unbranched alkanes of at least 4 members (excludes halogenated alkanes) is 51. The molecule has 0 heterocycles. The van der Waals surface area contributed by atoms with Crippen LogP contribution in [0.1, 0.15) is 393 Å². The Hall–Kier alpha value is -1.78. The Balaban J connectivity index is 4.59. The highest BCUT2D eigenvalue weighted by atomic mass is 31.2. The lowest BCUT2D eigenvalue weighted by atomic mass is 10.0. The summed E-state index contributed by atoms with van der Waals surface area (Å²) in [5.41, 5.74) is 0. The molecule has 0 aliphatic carbocycles. The average molecular weight is 1210 g/mol. The summed E-state index contributed by atoms with van der Waals surface area (Å²) >= 11 is 0. The zero-order chi connectivity index (χ0) is 61.2. The number of carbonyl (C=O) groups excluding carboxylic acids is 3. The van der Waals surface area contributed by atoms with Gasteiger partial charge in [0.2, 0.25) is 0 Å². The molecule has 11 nitrogen and oxygen atoms in total. The molecule has 0 saturated heterocycles. The highest BCUT2D eigenvalue weighted by Crippen LogP contribution is 2.43. The lowest BCUT2D eigenvalue weighted by Gasteiger charge is -2.21. The minimum absolute atomic E-state index is 0.173. The summed E-state index contributed by atoms with van der Waals surface area (Å²) in [4.78, 5) is 49.0. The fraction of sp³-hybridized carbons (Fsp3) is 0.931. The second kappa shape index (κ2) is 67.2.